The second-order valence-corrected chi connectivity index (χ2v) is 15.3. The molecule has 276 valence electrons. The molecule has 10 aromatic carbocycles. The van der Waals surface area contributed by atoms with E-state index in [1.165, 1.54) is 55.2 Å². The molecule has 0 atom stereocenters. The van der Waals surface area contributed by atoms with Crippen LogP contribution in [0.4, 0.5) is 34.1 Å². The maximum Gasteiger partial charge on any atom is 0.135 e. The maximum atomic E-state index is 6.60. The van der Waals surface area contributed by atoms with Gasteiger partial charge in [-0.15, -0.1) is 0 Å². The molecule has 1 aliphatic rings. The number of nitrogens with zero attached hydrogens (tertiary/aromatic N) is 2. The number of furan rings is 1. The van der Waals surface area contributed by atoms with Gasteiger partial charge in [-0.2, -0.15) is 0 Å². The lowest BCUT2D eigenvalue weighted by Gasteiger charge is -2.34. The minimum Gasteiger partial charge on any atom is -0.456 e. The molecule has 0 radical (unpaired) electrons. The molecule has 12 rings (SSSR count). The van der Waals surface area contributed by atoms with Crippen molar-refractivity contribution >= 4 is 77.6 Å². The van der Waals surface area contributed by atoms with Gasteiger partial charge in [0.05, 0.1) is 11.4 Å². The van der Waals surface area contributed by atoms with Crippen LogP contribution in [-0.4, -0.2) is 0 Å². The molecule has 0 unspecified atom stereocenters. The molecule has 0 aliphatic carbocycles. The van der Waals surface area contributed by atoms with Crippen LogP contribution in [0.15, 0.2) is 223 Å². The standard InChI is InChI=1S/C56H36N2O/c1-3-13-37(14-4-1)41-20-9-22-43(33-41)57(44-23-10-21-42(34-44)38-15-5-2-6-16-38)45-28-31-53-49(35-45)50-36-46(29-32-54(50)59-53)58-51-26-12-19-40-18-11-25-48(55(40)51)56-47-24-8-7-17-39(47)27-30-52(56)58/h1-36H. The Morgan fingerprint density at radius 3 is 1.66 bits per heavy atom. The van der Waals surface area contributed by atoms with Gasteiger partial charge < -0.3 is 14.2 Å². The monoisotopic (exact) mass is 752 g/mol. The molecule has 59 heavy (non-hydrogen) atoms. The van der Waals surface area contributed by atoms with E-state index < -0.39 is 0 Å². The van der Waals surface area contributed by atoms with Gasteiger partial charge in [0.1, 0.15) is 11.2 Å². The Bertz CT molecular complexity index is 3310. The van der Waals surface area contributed by atoms with Crippen LogP contribution in [0.2, 0.25) is 0 Å². The fourth-order valence-corrected chi connectivity index (χ4v) is 9.24. The summed E-state index contributed by atoms with van der Waals surface area (Å²) >= 11 is 0. The van der Waals surface area contributed by atoms with Crippen LogP contribution < -0.4 is 9.80 Å². The summed E-state index contributed by atoms with van der Waals surface area (Å²) < 4.78 is 6.60. The molecule has 1 aromatic heterocycles. The molecule has 0 saturated carbocycles. The second-order valence-electron chi connectivity index (χ2n) is 15.3. The Kier molecular flexibility index (Phi) is 7.54. The molecule has 0 saturated heterocycles. The second kappa shape index (κ2) is 13.4. The summed E-state index contributed by atoms with van der Waals surface area (Å²) in [5.41, 5.74) is 15.6. The first-order valence-corrected chi connectivity index (χ1v) is 20.2. The van der Waals surface area contributed by atoms with Gasteiger partial charge in [-0.1, -0.05) is 146 Å². The van der Waals surface area contributed by atoms with Gasteiger partial charge in [-0.3, -0.25) is 0 Å². The van der Waals surface area contributed by atoms with Gasteiger partial charge in [0, 0.05) is 44.5 Å². The van der Waals surface area contributed by atoms with Gasteiger partial charge in [-0.25, -0.2) is 0 Å². The van der Waals surface area contributed by atoms with Crippen LogP contribution >= 0.6 is 0 Å². The Morgan fingerprint density at radius 2 is 0.932 bits per heavy atom. The highest BCUT2D eigenvalue weighted by Gasteiger charge is 2.28. The molecule has 0 bridgehead atoms. The van der Waals surface area contributed by atoms with Crippen LogP contribution in [0.25, 0.3) is 76.9 Å². The van der Waals surface area contributed by atoms with Crippen LogP contribution in [0, 0.1) is 0 Å². The number of benzene rings is 10. The maximum absolute atomic E-state index is 6.60. The zero-order valence-corrected chi connectivity index (χ0v) is 32.1. The van der Waals surface area contributed by atoms with E-state index in [2.05, 4.69) is 228 Å². The van der Waals surface area contributed by atoms with Crippen LogP contribution in [0.1, 0.15) is 0 Å². The first-order valence-electron chi connectivity index (χ1n) is 20.2. The lowest BCUT2D eigenvalue weighted by atomic mass is 9.87. The molecule has 3 heteroatoms. The van der Waals surface area contributed by atoms with Crippen molar-refractivity contribution in [3.05, 3.63) is 218 Å². The first kappa shape index (κ1) is 33.3. The average molecular weight is 753 g/mol. The highest BCUT2D eigenvalue weighted by molar-refractivity contribution is 6.20. The predicted molar refractivity (Wildman–Crippen MR) is 248 cm³/mol. The van der Waals surface area contributed by atoms with E-state index in [0.717, 1.165) is 55.8 Å². The molecular weight excluding hydrogens is 717 g/mol. The van der Waals surface area contributed by atoms with E-state index in [0.29, 0.717) is 0 Å². The summed E-state index contributed by atoms with van der Waals surface area (Å²) in [6.45, 7) is 0. The first-order chi connectivity index (χ1) is 29.2. The number of hydrogen-bond donors (Lipinski definition) is 0. The summed E-state index contributed by atoms with van der Waals surface area (Å²) in [6, 6.07) is 78.7. The smallest absolute Gasteiger partial charge is 0.135 e. The third-order valence-corrected chi connectivity index (χ3v) is 11.9. The van der Waals surface area contributed by atoms with Crippen molar-refractivity contribution in [1.29, 1.82) is 0 Å². The Labute approximate surface area is 342 Å². The largest absolute Gasteiger partial charge is 0.456 e. The van der Waals surface area contributed by atoms with Crippen LogP contribution in [-0.2, 0) is 0 Å². The average Bonchev–Trinajstić information content (AvgIpc) is 3.67. The SMILES string of the molecule is c1ccc(-c2cccc(N(c3cccc(-c4ccccc4)c3)c3ccc4oc5ccc(N6c7ccc8ccccc8c7-c7cccc8cccc6c78)cc5c4c3)c2)cc1. The summed E-state index contributed by atoms with van der Waals surface area (Å²) in [4.78, 5) is 4.81. The number of rotatable bonds is 6. The summed E-state index contributed by atoms with van der Waals surface area (Å²) in [7, 11) is 0. The summed E-state index contributed by atoms with van der Waals surface area (Å²) in [6.07, 6.45) is 0. The van der Waals surface area contributed by atoms with Gasteiger partial charge in [0.25, 0.3) is 0 Å². The summed E-state index contributed by atoms with van der Waals surface area (Å²) in [5.74, 6) is 0. The topological polar surface area (TPSA) is 19.6 Å². The fourth-order valence-electron chi connectivity index (χ4n) is 9.24. The van der Waals surface area contributed by atoms with Gasteiger partial charge in [-0.05, 0) is 117 Å². The van der Waals surface area contributed by atoms with Gasteiger partial charge >= 0.3 is 0 Å². The van der Waals surface area contributed by atoms with Crippen LogP contribution in [0.5, 0.6) is 0 Å². The van der Waals surface area contributed by atoms with Gasteiger partial charge in [0.2, 0.25) is 0 Å². The predicted octanol–water partition coefficient (Wildman–Crippen LogP) is 16.1. The normalized spacial score (nSPS) is 12.0. The molecule has 0 N–H and O–H groups in total. The van der Waals surface area contributed by atoms with Crippen molar-refractivity contribution < 1.29 is 4.42 Å². The molecule has 0 amide bonds. The fraction of sp³-hybridized carbons (Fsp3) is 0. The Hall–Kier alpha value is -7.88. The van der Waals surface area contributed by atoms with Crippen LogP contribution in [0.3, 0.4) is 0 Å². The van der Waals surface area contributed by atoms with Gasteiger partial charge in [0.15, 0.2) is 0 Å². The number of anilines is 6. The third kappa shape index (κ3) is 5.44. The molecule has 1 aliphatic heterocycles. The lowest BCUT2D eigenvalue weighted by Crippen LogP contribution is -2.15. The molecule has 0 fully saturated rings. The van der Waals surface area contributed by atoms with E-state index in [-0.39, 0.29) is 0 Å². The third-order valence-electron chi connectivity index (χ3n) is 11.9. The van der Waals surface area contributed by atoms with Crippen molar-refractivity contribution in [2.24, 2.45) is 0 Å². The quantitative estimate of drug-likeness (QED) is 0.169. The molecule has 2 heterocycles. The molecular formula is C56H36N2O. The van der Waals surface area contributed by atoms with E-state index in [9.17, 15) is 0 Å². The highest BCUT2D eigenvalue weighted by Crippen LogP contribution is 2.53. The van der Waals surface area contributed by atoms with Crippen molar-refractivity contribution in [1.82, 2.24) is 0 Å². The van der Waals surface area contributed by atoms with E-state index >= 15 is 0 Å². The van der Waals surface area contributed by atoms with Crippen molar-refractivity contribution in [3.63, 3.8) is 0 Å². The zero-order valence-electron chi connectivity index (χ0n) is 32.1. The Morgan fingerprint density at radius 1 is 0.356 bits per heavy atom. The van der Waals surface area contributed by atoms with Crippen molar-refractivity contribution in [2.75, 3.05) is 9.80 Å². The van der Waals surface area contributed by atoms with E-state index in [1.54, 1.807) is 0 Å². The molecule has 3 nitrogen and oxygen atoms in total. The van der Waals surface area contributed by atoms with E-state index in [4.69, 9.17) is 4.42 Å². The number of hydrogen-bond acceptors (Lipinski definition) is 3. The minimum atomic E-state index is 0.856. The van der Waals surface area contributed by atoms with Crippen molar-refractivity contribution in [3.8, 4) is 33.4 Å². The van der Waals surface area contributed by atoms with Crippen molar-refractivity contribution in [2.45, 2.75) is 0 Å². The molecule has 11 aromatic rings. The number of fused-ring (bicyclic) bond motifs is 7. The lowest BCUT2D eigenvalue weighted by molar-refractivity contribution is 0.669. The summed E-state index contributed by atoms with van der Waals surface area (Å²) in [5, 5.41) is 7.13. The highest BCUT2D eigenvalue weighted by atomic mass is 16.3. The molecule has 0 spiro atoms. The zero-order chi connectivity index (χ0) is 38.9. The van der Waals surface area contributed by atoms with E-state index in [1.807, 2.05) is 0 Å². The Balaban J connectivity index is 1.05. The minimum absolute atomic E-state index is 0.856.